The Morgan fingerprint density at radius 2 is 2.25 bits per heavy atom. The highest BCUT2D eigenvalue weighted by atomic mass is 79.9. The van der Waals surface area contributed by atoms with E-state index in [0.717, 1.165) is 29.4 Å². The first kappa shape index (κ1) is 10.1. The van der Waals surface area contributed by atoms with Crippen molar-refractivity contribution in [3.05, 3.63) is 28.2 Å². The minimum Gasteiger partial charge on any atom is -0.480 e. The lowest BCUT2D eigenvalue weighted by molar-refractivity contribution is -0.138. The molecule has 1 saturated heterocycles. The van der Waals surface area contributed by atoms with E-state index in [9.17, 15) is 9.90 Å². The van der Waals surface area contributed by atoms with Crippen molar-refractivity contribution in [2.24, 2.45) is 0 Å². The second-order valence-electron chi connectivity index (χ2n) is 4.47. The summed E-state index contributed by atoms with van der Waals surface area (Å²) in [5, 5.41) is 9.20. The molecule has 0 bridgehead atoms. The van der Waals surface area contributed by atoms with E-state index in [-0.39, 0.29) is 6.04 Å². The van der Waals surface area contributed by atoms with Crippen LogP contribution in [0.3, 0.4) is 0 Å². The van der Waals surface area contributed by atoms with E-state index in [1.807, 2.05) is 12.1 Å². The highest BCUT2D eigenvalue weighted by Crippen LogP contribution is 2.42. The summed E-state index contributed by atoms with van der Waals surface area (Å²) in [4.78, 5) is 13.3. The van der Waals surface area contributed by atoms with Crippen LogP contribution >= 0.6 is 15.9 Å². The van der Waals surface area contributed by atoms with Crippen LogP contribution in [0.25, 0.3) is 0 Å². The molecule has 3 rings (SSSR count). The number of aliphatic carboxylic acids is 1. The Kier molecular flexibility index (Phi) is 2.21. The van der Waals surface area contributed by atoms with Gasteiger partial charge in [-0.05, 0) is 37.0 Å². The molecule has 0 radical (unpaired) electrons. The van der Waals surface area contributed by atoms with Crippen LogP contribution in [0.1, 0.15) is 18.4 Å². The van der Waals surface area contributed by atoms with Gasteiger partial charge in [0.25, 0.3) is 0 Å². The summed E-state index contributed by atoms with van der Waals surface area (Å²) in [6, 6.07) is 6.22. The number of halogens is 1. The molecule has 16 heavy (non-hydrogen) atoms. The van der Waals surface area contributed by atoms with Gasteiger partial charge in [-0.15, -0.1) is 0 Å². The number of benzene rings is 1. The van der Waals surface area contributed by atoms with Gasteiger partial charge >= 0.3 is 5.97 Å². The maximum absolute atomic E-state index is 11.2. The molecule has 0 saturated carbocycles. The number of carbonyl (C=O) groups is 1. The van der Waals surface area contributed by atoms with E-state index in [1.165, 1.54) is 5.56 Å². The van der Waals surface area contributed by atoms with Crippen LogP contribution in [0.5, 0.6) is 0 Å². The zero-order chi connectivity index (χ0) is 11.3. The minimum atomic E-state index is -0.699. The summed E-state index contributed by atoms with van der Waals surface area (Å²) in [6.45, 7) is 0. The minimum absolute atomic E-state index is 0.333. The summed E-state index contributed by atoms with van der Waals surface area (Å²) < 4.78 is 1.02. The zero-order valence-corrected chi connectivity index (χ0v) is 10.3. The molecular formula is C12H12BrNO2. The summed E-state index contributed by atoms with van der Waals surface area (Å²) in [6.07, 6.45) is 2.75. The van der Waals surface area contributed by atoms with Gasteiger partial charge in [-0.25, -0.2) is 4.79 Å². The zero-order valence-electron chi connectivity index (χ0n) is 8.69. The molecule has 2 heterocycles. The molecule has 4 heteroatoms. The van der Waals surface area contributed by atoms with Crippen molar-refractivity contribution >= 4 is 27.6 Å². The number of rotatable bonds is 1. The van der Waals surface area contributed by atoms with Crippen LogP contribution in [0.2, 0.25) is 0 Å². The first-order valence-corrected chi connectivity index (χ1v) is 6.25. The third kappa shape index (κ3) is 1.36. The first-order chi connectivity index (χ1) is 7.66. The Morgan fingerprint density at radius 1 is 1.44 bits per heavy atom. The van der Waals surface area contributed by atoms with Crippen molar-refractivity contribution in [1.82, 2.24) is 0 Å². The van der Waals surface area contributed by atoms with Gasteiger partial charge in [-0.3, -0.25) is 0 Å². The fourth-order valence-corrected chi connectivity index (χ4v) is 3.24. The van der Waals surface area contributed by atoms with Crippen molar-refractivity contribution in [3.8, 4) is 0 Å². The molecule has 0 amide bonds. The summed E-state index contributed by atoms with van der Waals surface area (Å²) >= 11 is 3.44. The predicted octanol–water partition coefficient (Wildman–Crippen LogP) is 2.43. The highest BCUT2D eigenvalue weighted by Gasteiger charge is 2.42. The van der Waals surface area contributed by atoms with Crippen molar-refractivity contribution < 1.29 is 9.90 Å². The molecule has 1 N–H and O–H groups in total. The Morgan fingerprint density at radius 3 is 3.00 bits per heavy atom. The Hall–Kier alpha value is -1.03. The van der Waals surface area contributed by atoms with Gasteiger partial charge in [-0.1, -0.05) is 22.0 Å². The van der Waals surface area contributed by atoms with Gasteiger partial charge in [0.1, 0.15) is 6.04 Å². The number of hydrogen-bond acceptors (Lipinski definition) is 2. The number of carboxylic acids is 1. The molecule has 1 aromatic rings. The van der Waals surface area contributed by atoms with Gasteiger partial charge in [0.05, 0.1) is 0 Å². The smallest absolute Gasteiger partial charge is 0.326 e. The third-order valence-electron chi connectivity index (χ3n) is 3.57. The van der Waals surface area contributed by atoms with E-state index < -0.39 is 5.97 Å². The van der Waals surface area contributed by atoms with Gasteiger partial charge < -0.3 is 10.0 Å². The fourth-order valence-electron chi connectivity index (χ4n) is 2.89. The molecule has 1 fully saturated rings. The first-order valence-electron chi connectivity index (χ1n) is 5.46. The van der Waals surface area contributed by atoms with Crippen LogP contribution in [0, 0.1) is 0 Å². The largest absolute Gasteiger partial charge is 0.480 e. The van der Waals surface area contributed by atoms with Crippen molar-refractivity contribution in [2.45, 2.75) is 31.3 Å². The van der Waals surface area contributed by atoms with Gasteiger partial charge in [0.2, 0.25) is 0 Å². The van der Waals surface area contributed by atoms with Gasteiger partial charge in [0, 0.05) is 16.2 Å². The monoisotopic (exact) mass is 281 g/mol. The lowest BCUT2D eigenvalue weighted by Crippen LogP contribution is -2.38. The predicted molar refractivity (Wildman–Crippen MR) is 64.8 cm³/mol. The maximum atomic E-state index is 11.2. The third-order valence-corrected chi connectivity index (χ3v) is 4.06. The second-order valence-corrected chi connectivity index (χ2v) is 5.39. The quantitative estimate of drug-likeness (QED) is 0.860. The SMILES string of the molecule is O=C(O)C1CCC2Cc3ccc(Br)cc3N21. The van der Waals surface area contributed by atoms with Gasteiger partial charge in [0.15, 0.2) is 0 Å². The number of hydrogen-bond donors (Lipinski definition) is 1. The molecule has 2 unspecified atom stereocenters. The molecule has 3 nitrogen and oxygen atoms in total. The molecule has 0 aliphatic carbocycles. The lowest BCUT2D eigenvalue weighted by atomic mass is 10.1. The molecule has 84 valence electrons. The van der Waals surface area contributed by atoms with Crippen molar-refractivity contribution in [2.75, 3.05) is 4.90 Å². The summed E-state index contributed by atoms with van der Waals surface area (Å²) in [7, 11) is 0. The second kappa shape index (κ2) is 3.48. The van der Waals surface area contributed by atoms with Crippen LogP contribution in [-0.2, 0) is 11.2 Å². The van der Waals surface area contributed by atoms with E-state index >= 15 is 0 Å². The Bertz CT molecular complexity index is 460. The van der Waals surface area contributed by atoms with E-state index in [2.05, 4.69) is 26.9 Å². The molecular weight excluding hydrogens is 270 g/mol. The molecule has 2 atom stereocenters. The fraction of sp³-hybridized carbons (Fsp3) is 0.417. The summed E-state index contributed by atoms with van der Waals surface area (Å²) in [5.41, 5.74) is 2.38. The number of anilines is 1. The number of nitrogens with zero attached hydrogens (tertiary/aromatic N) is 1. The van der Waals surface area contributed by atoms with E-state index in [1.54, 1.807) is 0 Å². The standard InChI is InChI=1S/C12H12BrNO2/c13-8-2-1-7-5-9-3-4-10(12(15)16)14(9)11(7)6-8/h1-2,6,9-10H,3-5H2,(H,15,16). The molecule has 0 aromatic heterocycles. The van der Waals surface area contributed by atoms with Crippen LogP contribution in [-0.4, -0.2) is 23.2 Å². The Balaban J connectivity index is 2.05. The van der Waals surface area contributed by atoms with Crippen LogP contribution in [0.15, 0.2) is 22.7 Å². The Labute approximate surface area is 102 Å². The van der Waals surface area contributed by atoms with E-state index in [0.29, 0.717) is 6.04 Å². The number of fused-ring (bicyclic) bond motifs is 3. The topological polar surface area (TPSA) is 40.5 Å². The normalized spacial score (nSPS) is 26.7. The molecule has 0 spiro atoms. The van der Waals surface area contributed by atoms with Crippen LogP contribution < -0.4 is 4.90 Å². The summed E-state index contributed by atoms with van der Waals surface area (Å²) in [5.74, 6) is -0.699. The maximum Gasteiger partial charge on any atom is 0.326 e. The molecule has 1 aromatic carbocycles. The van der Waals surface area contributed by atoms with Crippen molar-refractivity contribution in [3.63, 3.8) is 0 Å². The highest BCUT2D eigenvalue weighted by molar-refractivity contribution is 9.10. The van der Waals surface area contributed by atoms with Crippen molar-refractivity contribution in [1.29, 1.82) is 0 Å². The molecule has 2 aliphatic heterocycles. The number of carboxylic acid groups (broad SMARTS) is 1. The van der Waals surface area contributed by atoms with E-state index in [4.69, 9.17) is 0 Å². The van der Waals surface area contributed by atoms with Gasteiger partial charge in [-0.2, -0.15) is 0 Å². The molecule has 2 aliphatic rings. The average Bonchev–Trinajstić information content (AvgIpc) is 2.76. The lowest BCUT2D eigenvalue weighted by Gasteiger charge is -2.24. The van der Waals surface area contributed by atoms with Crippen LogP contribution in [0.4, 0.5) is 5.69 Å². The average molecular weight is 282 g/mol.